The first-order chi connectivity index (χ1) is 23.2. The van der Waals surface area contributed by atoms with Gasteiger partial charge in [0.05, 0.1) is 22.2 Å². The highest BCUT2D eigenvalue weighted by Crippen LogP contribution is 2.38. The lowest BCUT2D eigenvalue weighted by Gasteiger charge is -2.22. The molecule has 1 aliphatic heterocycles. The van der Waals surface area contributed by atoms with Gasteiger partial charge >= 0.3 is 0 Å². The molecule has 1 amide bonds. The number of pyridine rings is 1. The molecule has 1 atom stereocenters. The van der Waals surface area contributed by atoms with Crippen LogP contribution in [-0.4, -0.2) is 30.0 Å². The van der Waals surface area contributed by atoms with E-state index in [2.05, 4.69) is 25.6 Å². The zero-order chi connectivity index (χ0) is 33.4. The number of nitrogens with zero attached hydrogens (tertiary/aromatic N) is 2. The third-order valence-corrected chi connectivity index (χ3v) is 10.2. The standard InChI is InChI=1S/C38H29BrN4O4S/c1-24-12-19-30(20-13-24)48(46,47)42-29-17-14-27(15-18-29)38(45)43-34(25-8-4-2-5-9-25)23-33(41-43)36-35(26-10-6-3-7-11-26)31-22-28(39)16-21-32(31)40-37(36)44/h2-22,34,42H,23H2,1H3,(H,40,44)/t34-/m0/s1. The molecule has 2 heterocycles. The fourth-order valence-electron chi connectivity index (χ4n) is 5.97. The zero-order valence-electron chi connectivity index (χ0n) is 25.7. The van der Waals surface area contributed by atoms with E-state index in [1.165, 1.54) is 5.01 Å². The second-order valence-electron chi connectivity index (χ2n) is 11.6. The lowest BCUT2D eigenvalue weighted by atomic mass is 9.91. The Morgan fingerprint density at radius 2 is 1.52 bits per heavy atom. The maximum atomic E-state index is 14.1. The van der Waals surface area contributed by atoms with Gasteiger partial charge in [0.25, 0.3) is 21.5 Å². The lowest BCUT2D eigenvalue weighted by molar-refractivity contribution is 0.0711. The molecule has 6 aromatic rings. The van der Waals surface area contributed by atoms with Gasteiger partial charge < -0.3 is 4.98 Å². The number of aromatic nitrogens is 1. The molecule has 5 aromatic carbocycles. The maximum absolute atomic E-state index is 14.1. The number of hydrogen-bond donors (Lipinski definition) is 2. The molecule has 0 fully saturated rings. The van der Waals surface area contributed by atoms with Crippen molar-refractivity contribution in [3.05, 3.63) is 164 Å². The van der Waals surface area contributed by atoms with E-state index in [4.69, 9.17) is 5.10 Å². The molecular formula is C38H29BrN4O4S. The van der Waals surface area contributed by atoms with E-state index in [1.807, 2.05) is 85.8 Å². The predicted molar refractivity (Wildman–Crippen MR) is 193 cm³/mol. The number of hydrogen-bond acceptors (Lipinski definition) is 5. The van der Waals surface area contributed by atoms with Crippen LogP contribution in [0.5, 0.6) is 0 Å². The van der Waals surface area contributed by atoms with Gasteiger partial charge in [0, 0.05) is 38.6 Å². The number of nitrogens with one attached hydrogen (secondary N) is 2. The number of aromatic amines is 1. The molecule has 0 saturated carbocycles. The third kappa shape index (κ3) is 6.08. The van der Waals surface area contributed by atoms with Crippen molar-refractivity contribution in [1.82, 2.24) is 9.99 Å². The molecule has 238 valence electrons. The number of amides is 1. The highest BCUT2D eigenvalue weighted by molar-refractivity contribution is 9.10. The first-order valence-electron chi connectivity index (χ1n) is 15.2. The summed E-state index contributed by atoms with van der Waals surface area (Å²) in [5.74, 6) is -0.381. The van der Waals surface area contributed by atoms with Crippen LogP contribution in [0.3, 0.4) is 0 Å². The van der Waals surface area contributed by atoms with E-state index < -0.39 is 16.1 Å². The fourth-order valence-corrected chi connectivity index (χ4v) is 7.39. The summed E-state index contributed by atoms with van der Waals surface area (Å²) in [6.07, 6.45) is 0.312. The molecule has 1 aliphatic rings. The van der Waals surface area contributed by atoms with Crippen LogP contribution in [0.4, 0.5) is 5.69 Å². The lowest BCUT2D eigenvalue weighted by Crippen LogP contribution is -2.27. The average Bonchev–Trinajstić information content (AvgIpc) is 3.54. The molecule has 1 aromatic heterocycles. The second kappa shape index (κ2) is 12.7. The van der Waals surface area contributed by atoms with E-state index >= 15 is 0 Å². The van der Waals surface area contributed by atoms with Gasteiger partial charge in [-0.15, -0.1) is 0 Å². The molecule has 0 saturated heterocycles. The van der Waals surface area contributed by atoms with Crippen LogP contribution in [0, 0.1) is 6.92 Å². The van der Waals surface area contributed by atoms with Gasteiger partial charge in [-0.25, -0.2) is 13.4 Å². The topological polar surface area (TPSA) is 112 Å². The van der Waals surface area contributed by atoms with Gasteiger partial charge in [-0.2, -0.15) is 5.10 Å². The molecule has 0 radical (unpaired) electrons. The number of benzene rings is 5. The second-order valence-corrected chi connectivity index (χ2v) is 14.2. The quantitative estimate of drug-likeness (QED) is 0.174. The number of H-pyrrole nitrogens is 1. The molecule has 2 N–H and O–H groups in total. The summed E-state index contributed by atoms with van der Waals surface area (Å²) in [6, 6.07) is 37.3. The van der Waals surface area contributed by atoms with Crippen molar-refractivity contribution in [2.75, 3.05) is 4.72 Å². The number of carbonyl (C=O) groups excluding carboxylic acids is 1. The Balaban J connectivity index is 1.28. The van der Waals surface area contributed by atoms with Crippen LogP contribution in [0.15, 0.2) is 147 Å². The van der Waals surface area contributed by atoms with Crippen molar-refractivity contribution >= 4 is 54.2 Å². The van der Waals surface area contributed by atoms with Crippen molar-refractivity contribution in [3.63, 3.8) is 0 Å². The first kappa shape index (κ1) is 31.3. The molecule has 8 nitrogen and oxygen atoms in total. The minimum atomic E-state index is -3.81. The summed E-state index contributed by atoms with van der Waals surface area (Å²) in [5.41, 5.74) is 5.34. The monoisotopic (exact) mass is 716 g/mol. The highest BCUT2D eigenvalue weighted by Gasteiger charge is 2.36. The van der Waals surface area contributed by atoms with E-state index in [0.717, 1.165) is 32.1 Å². The van der Waals surface area contributed by atoms with E-state index in [9.17, 15) is 18.0 Å². The van der Waals surface area contributed by atoms with E-state index in [0.29, 0.717) is 34.5 Å². The average molecular weight is 718 g/mol. The van der Waals surface area contributed by atoms with E-state index in [1.54, 1.807) is 48.5 Å². The Morgan fingerprint density at radius 1 is 0.854 bits per heavy atom. The summed E-state index contributed by atoms with van der Waals surface area (Å²) in [6.45, 7) is 1.89. The Kier molecular flexibility index (Phi) is 8.28. The number of carbonyl (C=O) groups is 1. The number of rotatable bonds is 7. The largest absolute Gasteiger partial charge is 0.321 e. The normalized spacial score (nSPS) is 14.6. The van der Waals surface area contributed by atoms with Crippen LogP contribution in [-0.2, 0) is 10.0 Å². The highest BCUT2D eigenvalue weighted by atomic mass is 79.9. The van der Waals surface area contributed by atoms with Gasteiger partial charge in [-0.1, -0.05) is 94.3 Å². The third-order valence-electron chi connectivity index (χ3n) is 8.35. The van der Waals surface area contributed by atoms with Crippen LogP contribution >= 0.6 is 15.9 Å². The van der Waals surface area contributed by atoms with Gasteiger partial charge in [-0.05, 0) is 72.6 Å². The van der Waals surface area contributed by atoms with Crippen molar-refractivity contribution in [2.24, 2.45) is 5.10 Å². The Morgan fingerprint density at radius 3 is 2.21 bits per heavy atom. The first-order valence-corrected chi connectivity index (χ1v) is 17.5. The molecule has 10 heteroatoms. The maximum Gasteiger partial charge on any atom is 0.274 e. The molecule has 0 spiro atoms. The fraction of sp³-hybridized carbons (Fsp3) is 0.0789. The van der Waals surface area contributed by atoms with Crippen LogP contribution < -0.4 is 10.3 Å². The summed E-state index contributed by atoms with van der Waals surface area (Å²) in [7, 11) is -3.81. The van der Waals surface area contributed by atoms with Crippen molar-refractivity contribution in [1.29, 1.82) is 0 Å². The summed E-state index contributed by atoms with van der Waals surface area (Å²) >= 11 is 3.58. The number of aryl methyl sites for hydroxylation is 1. The van der Waals surface area contributed by atoms with Gasteiger partial charge in [0.1, 0.15) is 0 Å². The minimum Gasteiger partial charge on any atom is -0.321 e. The number of halogens is 1. The van der Waals surface area contributed by atoms with Gasteiger partial charge in [0.2, 0.25) is 0 Å². The smallest absolute Gasteiger partial charge is 0.274 e. The molecular weight excluding hydrogens is 688 g/mol. The molecule has 7 rings (SSSR count). The predicted octanol–water partition coefficient (Wildman–Crippen LogP) is 8.06. The number of hydrazone groups is 1. The SMILES string of the molecule is Cc1ccc(S(=O)(=O)Nc2ccc(C(=O)N3N=C(c4c(-c5ccccc5)c5cc(Br)ccc5[nH]c4=O)C[C@H]3c3ccccc3)cc2)cc1. The van der Waals surface area contributed by atoms with Crippen molar-refractivity contribution < 1.29 is 13.2 Å². The summed E-state index contributed by atoms with van der Waals surface area (Å²) in [5, 5.41) is 7.13. The van der Waals surface area contributed by atoms with Gasteiger partial charge in [-0.3, -0.25) is 14.3 Å². The molecule has 0 bridgehead atoms. The summed E-state index contributed by atoms with van der Waals surface area (Å²) < 4.78 is 29.3. The Bertz CT molecular complexity index is 2360. The summed E-state index contributed by atoms with van der Waals surface area (Å²) in [4.78, 5) is 31.2. The van der Waals surface area contributed by atoms with Crippen LogP contribution in [0.1, 0.15) is 39.5 Å². The molecule has 48 heavy (non-hydrogen) atoms. The van der Waals surface area contributed by atoms with Crippen molar-refractivity contribution in [2.45, 2.75) is 24.3 Å². The minimum absolute atomic E-state index is 0.142. The van der Waals surface area contributed by atoms with Crippen molar-refractivity contribution in [3.8, 4) is 11.1 Å². The van der Waals surface area contributed by atoms with Gasteiger partial charge in [0.15, 0.2) is 0 Å². The molecule has 0 unspecified atom stereocenters. The van der Waals surface area contributed by atoms with E-state index in [-0.39, 0.29) is 16.4 Å². The number of anilines is 1. The number of fused-ring (bicyclic) bond motifs is 1. The Hall–Kier alpha value is -5.32. The van der Waals surface area contributed by atoms with Crippen LogP contribution in [0.2, 0.25) is 0 Å². The zero-order valence-corrected chi connectivity index (χ0v) is 28.1. The Labute approximate surface area is 286 Å². The van der Waals surface area contributed by atoms with Crippen LogP contribution in [0.25, 0.3) is 22.0 Å². The number of sulfonamides is 1. The molecule has 0 aliphatic carbocycles.